The van der Waals surface area contributed by atoms with Crippen LogP contribution in [0.4, 0.5) is 0 Å². The highest BCUT2D eigenvalue weighted by atomic mass is 79.9. The summed E-state index contributed by atoms with van der Waals surface area (Å²) in [5.41, 5.74) is 0. The van der Waals surface area contributed by atoms with E-state index >= 15 is 0 Å². The Bertz CT molecular complexity index is 549. The Morgan fingerprint density at radius 2 is 1.86 bits per heavy atom. The van der Waals surface area contributed by atoms with Crippen molar-refractivity contribution in [1.29, 1.82) is 0 Å². The maximum absolute atomic E-state index is 12.8. The second-order valence-corrected chi connectivity index (χ2v) is 9.66. The third kappa shape index (κ3) is 4.51. The number of hydrogen-bond acceptors (Lipinski definition) is 4. The number of thiophene rings is 1. The lowest BCUT2D eigenvalue weighted by atomic mass is 10.1. The number of nitrogens with one attached hydrogen (secondary N) is 1. The Hall–Kier alpha value is 0.0500. The second kappa shape index (κ2) is 8.06. The van der Waals surface area contributed by atoms with Crippen LogP contribution < -0.4 is 5.32 Å². The molecule has 4 nitrogen and oxygen atoms in total. The zero-order chi connectivity index (χ0) is 15.3. The number of halogens is 1. The van der Waals surface area contributed by atoms with E-state index < -0.39 is 10.0 Å². The third-order valence-electron chi connectivity index (χ3n) is 3.69. The molecule has 1 aliphatic rings. The van der Waals surface area contributed by atoms with E-state index in [1.165, 1.54) is 17.8 Å². The summed E-state index contributed by atoms with van der Waals surface area (Å²) in [6.45, 7) is 4.93. The smallest absolute Gasteiger partial charge is 0.245 e. The maximum atomic E-state index is 12.8. The molecule has 0 aliphatic carbocycles. The molecule has 0 unspecified atom stereocenters. The minimum Gasteiger partial charge on any atom is -0.312 e. The van der Waals surface area contributed by atoms with E-state index in [4.69, 9.17) is 0 Å². The summed E-state index contributed by atoms with van der Waals surface area (Å²) in [6.07, 6.45) is 5.41. The Labute approximate surface area is 140 Å². The average Bonchev–Trinajstić information content (AvgIpc) is 2.77. The predicted molar refractivity (Wildman–Crippen MR) is 91.2 cm³/mol. The molecule has 0 saturated carbocycles. The number of nitrogens with zero attached hydrogens (tertiary/aromatic N) is 1. The Morgan fingerprint density at radius 1 is 1.24 bits per heavy atom. The highest BCUT2D eigenvalue weighted by molar-refractivity contribution is 9.11. The normalized spacial score (nSPS) is 18.4. The molecule has 1 N–H and O–H groups in total. The number of rotatable bonds is 5. The standard InChI is InChI=1S/C14H23BrN2O2S2/c1-2-16-11-12-10-13(14(15)20-12)21(18,19)17-8-6-4-3-5-7-9-17/h10,16H,2-9,11H2,1H3. The van der Waals surface area contributed by atoms with Crippen molar-refractivity contribution < 1.29 is 8.42 Å². The highest BCUT2D eigenvalue weighted by Gasteiger charge is 2.28. The summed E-state index contributed by atoms with van der Waals surface area (Å²) in [7, 11) is -3.37. The molecule has 120 valence electrons. The van der Waals surface area contributed by atoms with E-state index in [2.05, 4.69) is 21.2 Å². The van der Waals surface area contributed by atoms with Crippen molar-refractivity contribution in [3.63, 3.8) is 0 Å². The van der Waals surface area contributed by atoms with Crippen LogP contribution in [0.25, 0.3) is 0 Å². The summed E-state index contributed by atoms with van der Waals surface area (Å²) >= 11 is 4.93. The summed E-state index contributed by atoms with van der Waals surface area (Å²) < 4.78 is 28.1. The minimum atomic E-state index is -3.37. The Kier molecular flexibility index (Phi) is 6.68. The third-order valence-corrected chi connectivity index (χ3v) is 7.84. The molecule has 0 aromatic carbocycles. The van der Waals surface area contributed by atoms with Gasteiger partial charge in [0.05, 0.1) is 3.79 Å². The first-order valence-corrected chi connectivity index (χ1v) is 10.6. The molecule has 21 heavy (non-hydrogen) atoms. The fraction of sp³-hybridized carbons (Fsp3) is 0.714. The van der Waals surface area contributed by atoms with Gasteiger partial charge in [-0.05, 0) is 41.4 Å². The highest BCUT2D eigenvalue weighted by Crippen LogP contribution is 2.34. The van der Waals surface area contributed by atoms with E-state index in [1.807, 2.05) is 13.0 Å². The van der Waals surface area contributed by atoms with Crippen LogP contribution >= 0.6 is 27.3 Å². The molecule has 1 aromatic rings. The van der Waals surface area contributed by atoms with Crippen molar-refractivity contribution in [3.8, 4) is 0 Å². The van der Waals surface area contributed by atoms with Crippen molar-refractivity contribution in [2.45, 2.75) is 50.5 Å². The van der Waals surface area contributed by atoms with E-state index in [-0.39, 0.29) is 0 Å². The van der Waals surface area contributed by atoms with Gasteiger partial charge in [0.2, 0.25) is 10.0 Å². The van der Waals surface area contributed by atoms with Gasteiger partial charge in [-0.1, -0.05) is 26.2 Å². The van der Waals surface area contributed by atoms with Crippen LogP contribution in [0.1, 0.15) is 43.9 Å². The zero-order valence-corrected chi connectivity index (χ0v) is 15.6. The van der Waals surface area contributed by atoms with Gasteiger partial charge in [-0.3, -0.25) is 0 Å². The molecule has 1 aromatic heterocycles. The van der Waals surface area contributed by atoms with E-state index in [1.54, 1.807) is 4.31 Å². The molecule has 0 bridgehead atoms. The monoisotopic (exact) mass is 394 g/mol. The van der Waals surface area contributed by atoms with E-state index in [9.17, 15) is 8.42 Å². The van der Waals surface area contributed by atoms with Crippen LogP contribution in [0.15, 0.2) is 14.7 Å². The van der Waals surface area contributed by atoms with Gasteiger partial charge in [0.15, 0.2) is 0 Å². The van der Waals surface area contributed by atoms with Crippen LogP contribution in [0.5, 0.6) is 0 Å². The fourth-order valence-corrected chi connectivity index (χ4v) is 6.63. The predicted octanol–water partition coefficient (Wildman–Crippen LogP) is 3.57. The summed E-state index contributed by atoms with van der Waals surface area (Å²) in [5, 5.41) is 3.24. The number of hydrogen-bond donors (Lipinski definition) is 1. The topological polar surface area (TPSA) is 49.4 Å². The lowest BCUT2D eigenvalue weighted by Gasteiger charge is -2.23. The molecular weight excluding hydrogens is 372 g/mol. The molecule has 1 fully saturated rings. The Morgan fingerprint density at radius 3 is 2.48 bits per heavy atom. The van der Waals surface area contributed by atoms with E-state index in [0.29, 0.717) is 18.0 Å². The van der Waals surface area contributed by atoms with Crippen molar-refractivity contribution in [2.24, 2.45) is 0 Å². The van der Waals surface area contributed by atoms with Gasteiger partial charge >= 0.3 is 0 Å². The lowest BCUT2D eigenvalue weighted by molar-refractivity contribution is 0.364. The quantitative estimate of drug-likeness (QED) is 0.829. The fourth-order valence-electron chi connectivity index (χ4n) is 2.51. The second-order valence-electron chi connectivity index (χ2n) is 5.30. The van der Waals surface area contributed by atoms with Gasteiger partial charge < -0.3 is 5.32 Å². The summed E-state index contributed by atoms with van der Waals surface area (Å²) in [6, 6.07) is 1.81. The summed E-state index contributed by atoms with van der Waals surface area (Å²) in [5.74, 6) is 0. The minimum absolute atomic E-state index is 0.431. The molecule has 1 saturated heterocycles. The van der Waals surface area contributed by atoms with Crippen molar-refractivity contribution >= 4 is 37.3 Å². The first-order valence-electron chi connectivity index (χ1n) is 7.54. The van der Waals surface area contributed by atoms with Gasteiger partial charge in [0.25, 0.3) is 0 Å². The van der Waals surface area contributed by atoms with Gasteiger partial charge in [0.1, 0.15) is 4.90 Å². The molecule has 0 spiro atoms. The maximum Gasteiger partial charge on any atom is 0.245 e. The molecule has 1 aliphatic heterocycles. The molecule has 2 rings (SSSR count). The molecule has 0 amide bonds. The van der Waals surface area contributed by atoms with Gasteiger partial charge in [-0.15, -0.1) is 11.3 Å². The lowest BCUT2D eigenvalue weighted by Crippen LogP contribution is -2.33. The van der Waals surface area contributed by atoms with Crippen LogP contribution in [-0.4, -0.2) is 32.4 Å². The molecule has 0 atom stereocenters. The van der Waals surface area contributed by atoms with E-state index in [0.717, 1.165) is 47.4 Å². The van der Waals surface area contributed by atoms with Crippen LogP contribution in [0.3, 0.4) is 0 Å². The largest absolute Gasteiger partial charge is 0.312 e. The molecular formula is C14H23BrN2O2S2. The average molecular weight is 395 g/mol. The summed E-state index contributed by atoms with van der Waals surface area (Å²) in [4.78, 5) is 1.48. The first-order chi connectivity index (χ1) is 10.1. The van der Waals surface area contributed by atoms with Gasteiger partial charge in [0, 0.05) is 24.5 Å². The number of sulfonamides is 1. The van der Waals surface area contributed by atoms with Gasteiger partial charge in [-0.25, -0.2) is 8.42 Å². The van der Waals surface area contributed by atoms with Crippen LogP contribution in [0.2, 0.25) is 0 Å². The van der Waals surface area contributed by atoms with Crippen LogP contribution in [-0.2, 0) is 16.6 Å². The molecule has 2 heterocycles. The Balaban J connectivity index is 2.19. The molecule has 7 heteroatoms. The van der Waals surface area contributed by atoms with Crippen molar-refractivity contribution in [3.05, 3.63) is 14.7 Å². The first kappa shape index (κ1) is 17.4. The van der Waals surface area contributed by atoms with Crippen molar-refractivity contribution in [2.75, 3.05) is 19.6 Å². The van der Waals surface area contributed by atoms with Crippen LogP contribution in [0, 0.1) is 0 Å². The SMILES string of the molecule is CCNCc1cc(S(=O)(=O)N2CCCCCCC2)c(Br)s1. The van der Waals surface area contributed by atoms with Gasteiger partial charge in [-0.2, -0.15) is 4.31 Å². The zero-order valence-electron chi connectivity index (χ0n) is 12.4. The van der Waals surface area contributed by atoms with Crippen molar-refractivity contribution in [1.82, 2.24) is 9.62 Å². The molecule has 0 radical (unpaired) electrons.